The standard InChI is InChI=1S/C11H16BNO2.C11H15BO2.C11H20.C9H16N2OS.C2H6/c1-8(2)13-11(14)9-4-6-10(7-5-9)12(3)15;1-8(2)11(13)9-4-6-10(7-5-9)12(3)14;1-10(2)11-8-6-4-3-5-7-9-11;1-9(2,3)7-6-5(4-13-7)10-8(12)11-6;1-2/h4-8,15H,1-3H3,(H,13,14);4-8,14H,1-3H3;3-4,10-11H,5-9H2,1-2H3;5-7H,4H2,1-3H3,(H2,10,11,12);1-2H3/b;;4-3+;;. The molecule has 306 valence electrons. The van der Waals surface area contributed by atoms with Gasteiger partial charge in [0, 0.05) is 34.1 Å². The molecule has 2 fully saturated rings. The van der Waals surface area contributed by atoms with Crippen LogP contribution in [0.25, 0.3) is 0 Å². The molecule has 5 rings (SSSR count). The lowest BCUT2D eigenvalue weighted by Gasteiger charge is -2.30. The van der Waals surface area contributed by atoms with E-state index >= 15 is 0 Å². The Morgan fingerprint density at radius 2 is 1.31 bits per heavy atom. The summed E-state index contributed by atoms with van der Waals surface area (Å²) >= 11 is 1.97. The van der Waals surface area contributed by atoms with E-state index in [-0.39, 0.29) is 35.1 Å². The number of nitrogens with one attached hydrogen (secondary N) is 3. The zero-order chi connectivity index (χ0) is 41.9. The molecule has 0 aromatic heterocycles. The molecule has 0 saturated carbocycles. The number of rotatable bonds is 7. The maximum Gasteiger partial charge on any atom is 0.320 e. The summed E-state index contributed by atoms with van der Waals surface area (Å²) in [4.78, 5) is 34.2. The first kappa shape index (κ1) is 50.0. The van der Waals surface area contributed by atoms with Gasteiger partial charge in [-0.3, -0.25) is 9.59 Å². The van der Waals surface area contributed by atoms with Crippen LogP contribution in [-0.4, -0.2) is 70.7 Å². The Kier molecular flexibility index (Phi) is 23.0. The first-order valence-corrected chi connectivity index (χ1v) is 21.6. The number of Topliss-reactive ketones (excluding diaryl/α,β-unsaturated/α-hetero) is 1. The Balaban J connectivity index is 0.000000363. The minimum Gasteiger partial charge on any atom is -0.447 e. The van der Waals surface area contributed by atoms with Crippen LogP contribution < -0.4 is 26.9 Å². The Hall–Kier alpha value is -3.01. The number of hydrogen-bond acceptors (Lipinski definition) is 6. The quantitative estimate of drug-likeness (QED) is 0.0840. The predicted molar refractivity (Wildman–Crippen MR) is 238 cm³/mol. The highest BCUT2D eigenvalue weighted by Gasteiger charge is 2.47. The van der Waals surface area contributed by atoms with E-state index in [1.54, 1.807) is 62.2 Å². The number of allylic oxidation sites excluding steroid dienone is 2. The van der Waals surface area contributed by atoms with Crippen molar-refractivity contribution < 1.29 is 24.4 Å². The van der Waals surface area contributed by atoms with Gasteiger partial charge >= 0.3 is 19.9 Å². The van der Waals surface area contributed by atoms with Crippen LogP contribution in [0, 0.1) is 23.2 Å². The summed E-state index contributed by atoms with van der Waals surface area (Å²) in [7, 11) is 0. The maximum atomic E-state index is 11.6. The van der Waals surface area contributed by atoms with E-state index in [0.29, 0.717) is 28.5 Å². The van der Waals surface area contributed by atoms with Crippen LogP contribution in [0.5, 0.6) is 0 Å². The largest absolute Gasteiger partial charge is 0.447 e. The van der Waals surface area contributed by atoms with E-state index in [2.05, 4.69) is 62.7 Å². The van der Waals surface area contributed by atoms with E-state index in [9.17, 15) is 24.4 Å². The van der Waals surface area contributed by atoms with Gasteiger partial charge in [-0.25, -0.2) is 4.79 Å². The molecule has 1 aliphatic carbocycles. The molecular formula is C44H73B2N3O5S. The van der Waals surface area contributed by atoms with Gasteiger partial charge in [-0.1, -0.05) is 125 Å². The van der Waals surface area contributed by atoms with Crippen molar-refractivity contribution in [2.45, 2.75) is 145 Å². The number of amides is 3. The van der Waals surface area contributed by atoms with E-state index in [0.717, 1.165) is 28.5 Å². The predicted octanol–water partition coefficient (Wildman–Crippen LogP) is 7.99. The van der Waals surface area contributed by atoms with Crippen molar-refractivity contribution >= 4 is 54.2 Å². The van der Waals surface area contributed by atoms with Gasteiger partial charge in [0.25, 0.3) is 5.91 Å². The summed E-state index contributed by atoms with van der Waals surface area (Å²) in [5.74, 6) is 3.00. The van der Waals surface area contributed by atoms with Crippen LogP contribution >= 0.6 is 11.8 Å². The number of benzene rings is 2. The molecule has 2 aromatic rings. The van der Waals surface area contributed by atoms with E-state index in [1.165, 1.54) is 32.1 Å². The van der Waals surface area contributed by atoms with Gasteiger partial charge in [-0.2, -0.15) is 11.8 Å². The third kappa shape index (κ3) is 18.2. The van der Waals surface area contributed by atoms with Crippen LogP contribution in [-0.2, 0) is 0 Å². The molecule has 11 heteroatoms. The van der Waals surface area contributed by atoms with Crippen LogP contribution in [0.15, 0.2) is 60.7 Å². The number of carbonyl (C=O) groups is 3. The fourth-order valence-electron chi connectivity index (χ4n) is 6.46. The summed E-state index contributed by atoms with van der Waals surface area (Å²) in [5.41, 5.74) is 3.25. The molecule has 4 unspecified atom stereocenters. The van der Waals surface area contributed by atoms with Crippen molar-refractivity contribution in [3.8, 4) is 0 Å². The highest BCUT2D eigenvalue weighted by atomic mass is 32.2. The summed E-state index contributed by atoms with van der Waals surface area (Å²) in [6.45, 7) is 25.5. The molecule has 8 nitrogen and oxygen atoms in total. The second-order valence-electron chi connectivity index (χ2n) is 16.6. The zero-order valence-corrected chi connectivity index (χ0v) is 37.1. The average molecular weight is 778 g/mol. The smallest absolute Gasteiger partial charge is 0.320 e. The number of ketones is 1. The van der Waals surface area contributed by atoms with Crippen molar-refractivity contribution in [1.29, 1.82) is 0 Å². The van der Waals surface area contributed by atoms with Gasteiger partial charge in [0.2, 0.25) is 0 Å². The molecule has 4 atom stereocenters. The van der Waals surface area contributed by atoms with Crippen molar-refractivity contribution in [3.05, 3.63) is 71.8 Å². The van der Waals surface area contributed by atoms with Crippen LogP contribution in [0.2, 0.25) is 13.6 Å². The number of fused-ring (bicyclic) bond motifs is 1. The monoisotopic (exact) mass is 778 g/mol. The molecular weight excluding hydrogens is 704 g/mol. The lowest BCUT2D eigenvalue weighted by molar-refractivity contribution is 0.0933. The molecule has 2 aliphatic heterocycles. The summed E-state index contributed by atoms with van der Waals surface area (Å²) in [6.07, 6.45) is 11.6. The molecule has 3 amide bonds. The zero-order valence-electron chi connectivity index (χ0n) is 36.2. The molecule has 0 radical (unpaired) electrons. The first-order valence-electron chi connectivity index (χ1n) is 20.6. The Bertz CT molecular complexity index is 1440. The number of thioether (sulfide) groups is 1. The summed E-state index contributed by atoms with van der Waals surface area (Å²) < 4.78 is 0. The minimum atomic E-state index is -0.493. The Labute approximate surface area is 339 Å². The molecule has 2 aromatic carbocycles. The van der Waals surface area contributed by atoms with Gasteiger partial charge in [0.1, 0.15) is 0 Å². The first-order chi connectivity index (χ1) is 25.8. The minimum absolute atomic E-state index is 0.00421. The van der Waals surface area contributed by atoms with Crippen molar-refractivity contribution in [1.82, 2.24) is 16.0 Å². The Morgan fingerprint density at radius 1 is 0.800 bits per heavy atom. The average Bonchev–Trinajstić information content (AvgIpc) is 3.68. The lowest BCUT2D eigenvalue weighted by atomic mass is 9.64. The number of carbonyl (C=O) groups excluding carboxylic acids is 3. The molecule has 2 saturated heterocycles. The molecule has 3 aliphatic rings. The Morgan fingerprint density at radius 3 is 1.76 bits per heavy atom. The maximum absolute atomic E-state index is 11.6. The normalized spacial score (nSPS) is 20.5. The third-order valence-electron chi connectivity index (χ3n) is 9.72. The highest BCUT2D eigenvalue weighted by molar-refractivity contribution is 8.00. The highest BCUT2D eigenvalue weighted by Crippen LogP contribution is 2.40. The van der Waals surface area contributed by atoms with E-state index in [1.807, 2.05) is 53.3 Å². The van der Waals surface area contributed by atoms with Crippen molar-refractivity contribution in [2.75, 3.05) is 5.75 Å². The third-order valence-corrected chi connectivity index (χ3v) is 11.6. The molecule has 5 N–H and O–H groups in total. The number of hydrogen-bond donors (Lipinski definition) is 5. The van der Waals surface area contributed by atoms with E-state index in [4.69, 9.17) is 0 Å². The van der Waals surface area contributed by atoms with Gasteiger partial charge in [-0.15, -0.1) is 0 Å². The second kappa shape index (κ2) is 25.3. The SMILES string of the molecule is CB(O)c1ccc(C(=O)C(C)C)cc1.CB(O)c1ccc(C(=O)NC(C)C)cc1.CC.CC(C)(C)C1SCC2NC(=O)NC21.CC(C)C1CC/C=C/CCC1. The van der Waals surface area contributed by atoms with Crippen LogP contribution in [0.1, 0.15) is 129 Å². The molecule has 0 bridgehead atoms. The van der Waals surface area contributed by atoms with Gasteiger partial charge in [0.15, 0.2) is 5.78 Å². The lowest BCUT2D eigenvalue weighted by Crippen LogP contribution is -2.42. The number of urea groups is 1. The van der Waals surface area contributed by atoms with Crippen LogP contribution in [0.4, 0.5) is 4.79 Å². The molecule has 55 heavy (non-hydrogen) atoms. The fourth-order valence-corrected chi connectivity index (χ4v) is 8.13. The van der Waals surface area contributed by atoms with Crippen molar-refractivity contribution in [2.24, 2.45) is 23.2 Å². The fraction of sp³-hybridized carbons (Fsp3) is 0.614. The van der Waals surface area contributed by atoms with Gasteiger partial charge in [-0.05, 0) is 86.3 Å². The second-order valence-corrected chi connectivity index (χ2v) is 17.8. The summed E-state index contributed by atoms with van der Waals surface area (Å²) in [5, 5.41) is 27.9. The van der Waals surface area contributed by atoms with Crippen molar-refractivity contribution in [3.63, 3.8) is 0 Å². The van der Waals surface area contributed by atoms with Gasteiger partial charge in [0.05, 0.1) is 12.1 Å². The molecule has 0 spiro atoms. The topological polar surface area (TPSA) is 128 Å². The molecule has 2 heterocycles. The van der Waals surface area contributed by atoms with E-state index < -0.39 is 13.8 Å². The summed E-state index contributed by atoms with van der Waals surface area (Å²) in [6, 6.07) is 14.9. The van der Waals surface area contributed by atoms with Gasteiger partial charge < -0.3 is 26.0 Å². The van der Waals surface area contributed by atoms with Crippen LogP contribution in [0.3, 0.4) is 0 Å².